The Kier molecular flexibility index (Phi) is 3.71. The molecule has 0 radical (unpaired) electrons. The first kappa shape index (κ1) is 13.1. The maximum Gasteiger partial charge on any atom is 0.242 e. The number of hydrogen-bond acceptors (Lipinski definition) is 4. The van der Waals surface area contributed by atoms with E-state index >= 15 is 0 Å². The van der Waals surface area contributed by atoms with Crippen LogP contribution < -0.4 is 10.2 Å². The van der Waals surface area contributed by atoms with Crippen molar-refractivity contribution in [3.05, 3.63) is 16.5 Å². The average Bonchev–Trinajstić information content (AvgIpc) is 2.33. The summed E-state index contributed by atoms with van der Waals surface area (Å²) in [6.07, 6.45) is 0.742. The third kappa shape index (κ3) is 2.27. The molecular formula is C12H17ClN4O. The van der Waals surface area contributed by atoms with Crippen LogP contribution in [0.25, 0.3) is 0 Å². The van der Waals surface area contributed by atoms with Crippen molar-refractivity contribution in [3.8, 4) is 0 Å². The van der Waals surface area contributed by atoms with Gasteiger partial charge in [0.25, 0.3) is 0 Å². The fourth-order valence-electron chi connectivity index (χ4n) is 2.23. The molecule has 1 aliphatic heterocycles. The van der Waals surface area contributed by atoms with Crippen LogP contribution in [0.3, 0.4) is 0 Å². The molecule has 1 atom stereocenters. The van der Waals surface area contributed by atoms with Crippen molar-refractivity contribution in [3.63, 3.8) is 0 Å². The van der Waals surface area contributed by atoms with E-state index in [-0.39, 0.29) is 11.9 Å². The molecule has 1 aromatic rings. The van der Waals surface area contributed by atoms with Gasteiger partial charge >= 0.3 is 0 Å². The lowest BCUT2D eigenvalue weighted by atomic mass is 10.1. The Labute approximate surface area is 112 Å². The minimum absolute atomic E-state index is 0.0514. The minimum Gasteiger partial charge on any atom is -0.353 e. The second kappa shape index (κ2) is 5.10. The Morgan fingerprint density at radius 2 is 2.17 bits per heavy atom. The summed E-state index contributed by atoms with van der Waals surface area (Å²) in [4.78, 5) is 22.4. The van der Waals surface area contributed by atoms with Crippen molar-refractivity contribution in [1.29, 1.82) is 0 Å². The normalized spacial score (nSPS) is 19.9. The van der Waals surface area contributed by atoms with Gasteiger partial charge in [-0.1, -0.05) is 18.5 Å². The fraction of sp³-hybridized carbons (Fsp3) is 0.583. The van der Waals surface area contributed by atoms with Crippen LogP contribution in [0.5, 0.6) is 0 Å². The van der Waals surface area contributed by atoms with Crippen LogP contribution in [-0.4, -0.2) is 35.0 Å². The van der Waals surface area contributed by atoms with Crippen molar-refractivity contribution < 1.29 is 4.79 Å². The maximum absolute atomic E-state index is 11.9. The number of hydrogen-bond donors (Lipinski definition) is 1. The van der Waals surface area contributed by atoms with Gasteiger partial charge in [-0.15, -0.1) is 0 Å². The predicted molar refractivity (Wildman–Crippen MR) is 71.0 cm³/mol. The molecule has 0 saturated carbocycles. The molecular weight excluding hydrogens is 252 g/mol. The van der Waals surface area contributed by atoms with Crippen molar-refractivity contribution in [1.82, 2.24) is 15.3 Å². The first-order chi connectivity index (χ1) is 8.54. The SMILES string of the molecule is CCC1C(=O)NCCN1c1nc(C)nc(Cl)c1C. The largest absolute Gasteiger partial charge is 0.353 e. The topological polar surface area (TPSA) is 58.1 Å². The van der Waals surface area contributed by atoms with Crippen LogP contribution in [0.15, 0.2) is 0 Å². The van der Waals surface area contributed by atoms with Gasteiger partial charge in [0.05, 0.1) is 0 Å². The van der Waals surface area contributed by atoms with E-state index in [1.165, 1.54) is 0 Å². The summed E-state index contributed by atoms with van der Waals surface area (Å²) >= 11 is 6.09. The molecule has 6 heteroatoms. The number of aryl methyl sites for hydroxylation is 1. The third-order valence-electron chi connectivity index (χ3n) is 3.16. The molecule has 18 heavy (non-hydrogen) atoms. The zero-order valence-electron chi connectivity index (χ0n) is 10.8. The van der Waals surface area contributed by atoms with Crippen LogP contribution in [0.2, 0.25) is 5.15 Å². The smallest absolute Gasteiger partial charge is 0.242 e. The highest BCUT2D eigenvalue weighted by Crippen LogP contribution is 2.26. The van der Waals surface area contributed by atoms with Crippen LogP contribution in [-0.2, 0) is 4.79 Å². The number of carbonyl (C=O) groups is 1. The molecule has 0 bridgehead atoms. The van der Waals surface area contributed by atoms with Crippen LogP contribution in [0.1, 0.15) is 24.7 Å². The Morgan fingerprint density at radius 3 is 2.83 bits per heavy atom. The van der Waals surface area contributed by atoms with E-state index in [0.29, 0.717) is 17.5 Å². The highest BCUT2D eigenvalue weighted by atomic mass is 35.5. The monoisotopic (exact) mass is 268 g/mol. The second-order valence-electron chi connectivity index (χ2n) is 4.42. The van der Waals surface area contributed by atoms with E-state index in [0.717, 1.165) is 24.3 Å². The lowest BCUT2D eigenvalue weighted by Gasteiger charge is -2.36. The van der Waals surface area contributed by atoms with Crippen LogP contribution in [0.4, 0.5) is 5.82 Å². The Morgan fingerprint density at radius 1 is 1.44 bits per heavy atom. The Balaban J connectivity index is 2.43. The van der Waals surface area contributed by atoms with Crippen molar-refractivity contribution in [2.45, 2.75) is 33.2 Å². The van der Waals surface area contributed by atoms with Crippen LogP contribution in [0, 0.1) is 13.8 Å². The number of carbonyl (C=O) groups excluding carboxylic acids is 1. The number of halogens is 1. The summed E-state index contributed by atoms with van der Waals surface area (Å²) in [5.41, 5.74) is 0.829. The molecule has 1 unspecified atom stereocenters. The van der Waals surface area contributed by atoms with Gasteiger partial charge in [-0.05, 0) is 20.3 Å². The van der Waals surface area contributed by atoms with E-state index in [4.69, 9.17) is 11.6 Å². The van der Waals surface area contributed by atoms with Gasteiger partial charge in [0.2, 0.25) is 5.91 Å². The van der Waals surface area contributed by atoms with Gasteiger partial charge in [-0.25, -0.2) is 9.97 Å². The van der Waals surface area contributed by atoms with Crippen molar-refractivity contribution in [2.24, 2.45) is 0 Å². The van der Waals surface area contributed by atoms with Gasteiger partial charge in [0.1, 0.15) is 22.8 Å². The number of nitrogens with zero attached hydrogens (tertiary/aromatic N) is 3. The molecule has 0 spiro atoms. The predicted octanol–water partition coefficient (Wildman–Crippen LogP) is 1.46. The molecule has 0 aliphatic carbocycles. The van der Waals surface area contributed by atoms with E-state index in [1.54, 1.807) is 6.92 Å². The molecule has 1 fully saturated rings. The molecule has 0 aromatic carbocycles. The number of anilines is 1. The summed E-state index contributed by atoms with van der Waals surface area (Å²) in [6.45, 7) is 7.07. The van der Waals surface area contributed by atoms with E-state index in [9.17, 15) is 4.79 Å². The van der Waals surface area contributed by atoms with Crippen LogP contribution >= 0.6 is 11.6 Å². The first-order valence-electron chi connectivity index (χ1n) is 6.09. The zero-order valence-corrected chi connectivity index (χ0v) is 11.6. The molecule has 98 valence electrons. The van der Waals surface area contributed by atoms with Gasteiger partial charge in [0, 0.05) is 18.7 Å². The molecule has 1 N–H and O–H groups in total. The van der Waals surface area contributed by atoms with Gasteiger partial charge in [-0.2, -0.15) is 0 Å². The summed E-state index contributed by atoms with van der Waals surface area (Å²) < 4.78 is 0. The van der Waals surface area contributed by atoms with Gasteiger partial charge in [-0.3, -0.25) is 4.79 Å². The summed E-state index contributed by atoms with van der Waals surface area (Å²) in [7, 11) is 0. The fourth-order valence-corrected chi connectivity index (χ4v) is 2.44. The van der Waals surface area contributed by atoms with E-state index < -0.39 is 0 Å². The van der Waals surface area contributed by atoms with E-state index in [1.807, 2.05) is 18.7 Å². The van der Waals surface area contributed by atoms with Crippen molar-refractivity contribution in [2.75, 3.05) is 18.0 Å². The first-order valence-corrected chi connectivity index (χ1v) is 6.47. The minimum atomic E-state index is -0.178. The standard InChI is InChI=1S/C12H17ClN4O/c1-4-9-12(18)14-5-6-17(9)11-7(2)10(13)15-8(3)16-11/h9H,4-6H2,1-3H3,(H,14,18). The lowest BCUT2D eigenvalue weighted by molar-refractivity contribution is -0.123. The lowest BCUT2D eigenvalue weighted by Crippen LogP contribution is -2.55. The number of piperazine rings is 1. The molecule has 1 aromatic heterocycles. The summed E-state index contributed by atoms with van der Waals surface area (Å²) in [6, 6.07) is -0.178. The Bertz CT molecular complexity index is 477. The van der Waals surface area contributed by atoms with Gasteiger partial charge in [0.15, 0.2) is 0 Å². The highest BCUT2D eigenvalue weighted by molar-refractivity contribution is 6.30. The molecule has 1 amide bonds. The second-order valence-corrected chi connectivity index (χ2v) is 4.78. The van der Waals surface area contributed by atoms with Gasteiger partial charge < -0.3 is 10.2 Å². The maximum atomic E-state index is 11.9. The Hall–Kier alpha value is -1.36. The molecule has 2 heterocycles. The number of nitrogens with one attached hydrogen (secondary N) is 1. The molecule has 1 aliphatic rings. The number of amides is 1. The number of rotatable bonds is 2. The molecule has 1 saturated heterocycles. The third-order valence-corrected chi connectivity index (χ3v) is 3.53. The summed E-state index contributed by atoms with van der Waals surface area (Å²) in [5, 5.41) is 3.33. The quantitative estimate of drug-likeness (QED) is 0.825. The zero-order chi connectivity index (χ0) is 13.3. The molecule has 2 rings (SSSR count). The summed E-state index contributed by atoms with van der Waals surface area (Å²) in [5.74, 6) is 1.45. The van der Waals surface area contributed by atoms with E-state index in [2.05, 4.69) is 15.3 Å². The number of aromatic nitrogens is 2. The highest BCUT2D eigenvalue weighted by Gasteiger charge is 2.30. The van der Waals surface area contributed by atoms with Crippen molar-refractivity contribution >= 4 is 23.3 Å². The molecule has 5 nitrogen and oxygen atoms in total. The average molecular weight is 269 g/mol.